The van der Waals surface area contributed by atoms with Gasteiger partial charge >= 0.3 is 0 Å². The highest BCUT2D eigenvalue weighted by atomic mass is 19.1. The van der Waals surface area contributed by atoms with Crippen molar-refractivity contribution in [1.29, 1.82) is 0 Å². The summed E-state index contributed by atoms with van der Waals surface area (Å²) >= 11 is 0. The van der Waals surface area contributed by atoms with Crippen molar-refractivity contribution in [2.24, 2.45) is 11.8 Å². The lowest BCUT2D eigenvalue weighted by molar-refractivity contribution is -0.130. The van der Waals surface area contributed by atoms with Gasteiger partial charge in [0, 0.05) is 34.4 Å². The number of para-hydroxylation sites is 2. The lowest BCUT2D eigenvalue weighted by Gasteiger charge is -2.29. The standard InChI is InChI=1S/C28H21FN4O3/c29-16-10-11-21-19(13-16)28(27(36)31-21)24-23(25(34)33(26(24)35)17-6-2-1-3-7-17)22(32-28)12-15-14-30-20-9-5-4-8-18(15)20/h1-11,13-14,22-24,30,32H,12H2,(H,31,36)/t22-,23+,24-,28-/m0/s1. The minimum Gasteiger partial charge on any atom is -0.361 e. The molecule has 4 atom stereocenters. The number of anilines is 2. The van der Waals surface area contributed by atoms with Crippen LogP contribution in [0.3, 0.4) is 0 Å². The molecule has 1 spiro atoms. The molecule has 0 saturated carbocycles. The second-order valence-electron chi connectivity index (χ2n) is 9.62. The van der Waals surface area contributed by atoms with Gasteiger partial charge in [-0.2, -0.15) is 0 Å². The molecule has 3 aliphatic rings. The van der Waals surface area contributed by atoms with Crippen LogP contribution >= 0.6 is 0 Å². The summed E-state index contributed by atoms with van der Waals surface area (Å²) in [4.78, 5) is 45.8. The van der Waals surface area contributed by atoms with Gasteiger partial charge in [-0.15, -0.1) is 0 Å². The van der Waals surface area contributed by atoms with Gasteiger partial charge in [0.15, 0.2) is 0 Å². The predicted octanol–water partition coefficient (Wildman–Crippen LogP) is 3.47. The Hall–Kier alpha value is -4.30. The van der Waals surface area contributed by atoms with Gasteiger partial charge in [-0.3, -0.25) is 19.7 Å². The summed E-state index contributed by atoms with van der Waals surface area (Å²) in [5.41, 5.74) is 1.65. The molecule has 4 heterocycles. The normalized spacial score (nSPS) is 26.6. The van der Waals surface area contributed by atoms with Crippen LogP contribution in [-0.2, 0) is 26.3 Å². The number of benzene rings is 3. The summed E-state index contributed by atoms with van der Waals surface area (Å²) < 4.78 is 14.4. The van der Waals surface area contributed by atoms with Crippen LogP contribution in [0, 0.1) is 17.7 Å². The number of carbonyl (C=O) groups excluding carboxylic acids is 3. The maximum Gasteiger partial charge on any atom is 0.250 e. The molecule has 3 aliphatic heterocycles. The maximum atomic E-state index is 14.4. The zero-order valence-corrected chi connectivity index (χ0v) is 19.0. The van der Waals surface area contributed by atoms with Crippen LogP contribution in [0.1, 0.15) is 11.1 Å². The highest BCUT2D eigenvalue weighted by molar-refractivity contribution is 6.25. The van der Waals surface area contributed by atoms with Crippen LogP contribution in [0.25, 0.3) is 10.9 Å². The lowest BCUT2D eigenvalue weighted by Crippen LogP contribution is -2.53. The molecule has 2 saturated heterocycles. The summed E-state index contributed by atoms with van der Waals surface area (Å²) in [5, 5.41) is 7.20. The molecule has 0 unspecified atom stereocenters. The van der Waals surface area contributed by atoms with Crippen molar-refractivity contribution in [3.63, 3.8) is 0 Å². The van der Waals surface area contributed by atoms with E-state index >= 15 is 0 Å². The first-order valence-electron chi connectivity index (χ1n) is 11.9. The lowest BCUT2D eigenvalue weighted by atomic mass is 9.76. The Balaban J connectivity index is 1.39. The first-order chi connectivity index (χ1) is 17.5. The molecule has 0 bridgehead atoms. The summed E-state index contributed by atoms with van der Waals surface area (Å²) in [7, 11) is 0. The second-order valence-corrected chi connectivity index (χ2v) is 9.62. The number of nitrogens with one attached hydrogen (secondary N) is 3. The number of hydrogen-bond acceptors (Lipinski definition) is 4. The van der Waals surface area contributed by atoms with E-state index in [9.17, 15) is 18.8 Å². The Morgan fingerprint density at radius 1 is 0.917 bits per heavy atom. The quantitative estimate of drug-likeness (QED) is 0.392. The van der Waals surface area contributed by atoms with Crippen molar-refractivity contribution in [3.8, 4) is 0 Å². The number of fused-ring (bicyclic) bond motifs is 5. The van der Waals surface area contributed by atoms with Crippen LogP contribution in [0.4, 0.5) is 15.8 Å². The van der Waals surface area contributed by atoms with Crippen LogP contribution in [0.2, 0.25) is 0 Å². The number of H-pyrrole nitrogens is 1. The second kappa shape index (κ2) is 7.35. The topological polar surface area (TPSA) is 94.3 Å². The molecule has 0 aliphatic carbocycles. The van der Waals surface area contributed by atoms with E-state index in [2.05, 4.69) is 15.6 Å². The zero-order valence-electron chi connectivity index (χ0n) is 19.0. The van der Waals surface area contributed by atoms with Crippen molar-refractivity contribution in [3.05, 3.63) is 95.9 Å². The smallest absolute Gasteiger partial charge is 0.250 e. The average molecular weight is 480 g/mol. The van der Waals surface area contributed by atoms with E-state index < -0.39 is 41.0 Å². The third-order valence-electron chi connectivity index (χ3n) is 7.81. The number of hydrogen-bond donors (Lipinski definition) is 3. The van der Waals surface area contributed by atoms with E-state index in [-0.39, 0.29) is 5.91 Å². The van der Waals surface area contributed by atoms with Gasteiger partial charge in [0.1, 0.15) is 11.4 Å². The van der Waals surface area contributed by atoms with Crippen LogP contribution < -0.4 is 15.5 Å². The summed E-state index contributed by atoms with van der Waals surface area (Å²) in [6.45, 7) is 0. The Morgan fingerprint density at radius 3 is 2.53 bits per heavy atom. The van der Waals surface area contributed by atoms with E-state index in [4.69, 9.17) is 0 Å². The minimum absolute atomic E-state index is 0.358. The van der Waals surface area contributed by atoms with E-state index in [1.807, 2.05) is 36.5 Å². The van der Waals surface area contributed by atoms with Gasteiger partial charge in [-0.05, 0) is 48.4 Å². The largest absolute Gasteiger partial charge is 0.361 e. The average Bonchev–Trinajstić information content (AvgIpc) is 3.59. The van der Waals surface area contributed by atoms with E-state index in [0.29, 0.717) is 23.4 Å². The molecule has 1 aromatic heterocycles. The number of amides is 3. The zero-order chi connectivity index (χ0) is 24.6. The number of halogens is 1. The number of rotatable bonds is 3. The molecule has 4 aromatic rings. The third-order valence-corrected chi connectivity index (χ3v) is 7.81. The molecule has 0 radical (unpaired) electrons. The molecular formula is C28H21FN4O3. The molecular weight excluding hydrogens is 459 g/mol. The predicted molar refractivity (Wildman–Crippen MR) is 132 cm³/mol. The Bertz CT molecular complexity index is 1580. The van der Waals surface area contributed by atoms with Crippen molar-refractivity contribution in [2.45, 2.75) is 18.0 Å². The van der Waals surface area contributed by atoms with Crippen LogP contribution in [0.15, 0.2) is 79.0 Å². The van der Waals surface area contributed by atoms with Gasteiger partial charge in [-0.25, -0.2) is 9.29 Å². The number of aromatic amines is 1. The van der Waals surface area contributed by atoms with Gasteiger partial charge < -0.3 is 10.3 Å². The molecule has 8 heteroatoms. The highest BCUT2D eigenvalue weighted by Gasteiger charge is 2.70. The van der Waals surface area contributed by atoms with E-state index in [1.165, 1.54) is 23.1 Å². The van der Waals surface area contributed by atoms with Crippen molar-refractivity contribution in [1.82, 2.24) is 10.3 Å². The molecule has 7 nitrogen and oxygen atoms in total. The number of carbonyl (C=O) groups is 3. The summed E-state index contributed by atoms with van der Waals surface area (Å²) in [6, 6.07) is 20.1. The summed E-state index contributed by atoms with van der Waals surface area (Å²) in [6.07, 6.45) is 2.30. The van der Waals surface area contributed by atoms with Gasteiger partial charge in [0.25, 0.3) is 0 Å². The number of imide groups is 1. The fourth-order valence-corrected chi connectivity index (χ4v) is 6.32. The van der Waals surface area contributed by atoms with E-state index in [1.54, 1.807) is 24.3 Å². The van der Waals surface area contributed by atoms with Crippen LogP contribution in [-0.4, -0.2) is 28.7 Å². The Kier molecular flexibility index (Phi) is 4.29. The van der Waals surface area contributed by atoms with Gasteiger partial charge in [0.05, 0.1) is 17.5 Å². The van der Waals surface area contributed by atoms with Crippen molar-refractivity contribution >= 4 is 40.0 Å². The highest BCUT2D eigenvalue weighted by Crippen LogP contribution is 2.54. The van der Waals surface area contributed by atoms with Crippen LogP contribution in [0.5, 0.6) is 0 Å². The number of nitrogens with zero attached hydrogens (tertiary/aromatic N) is 1. The Labute approximate surface area is 205 Å². The monoisotopic (exact) mass is 480 g/mol. The first-order valence-corrected chi connectivity index (χ1v) is 11.9. The van der Waals surface area contributed by atoms with Crippen molar-refractivity contribution in [2.75, 3.05) is 10.2 Å². The minimum atomic E-state index is -1.55. The number of aromatic nitrogens is 1. The third kappa shape index (κ3) is 2.67. The molecule has 36 heavy (non-hydrogen) atoms. The summed E-state index contributed by atoms with van der Waals surface area (Å²) in [5.74, 6) is -3.59. The molecule has 3 aromatic carbocycles. The van der Waals surface area contributed by atoms with Gasteiger partial charge in [-0.1, -0.05) is 36.4 Å². The van der Waals surface area contributed by atoms with Crippen molar-refractivity contribution < 1.29 is 18.8 Å². The molecule has 3 N–H and O–H groups in total. The maximum absolute atomic E-state index is 14.4. The molecule has 7 rings (SSSR count). The first kappa shape index (κ1) is 21.0. The molecule has 3 amide bonds. The fourth-order valence-electron chi connectivity index (χ4n) is 6.32. The van der Waals surface area contributed by atoms with Gasteiger partial charge in [0.2, 0.25) is 17.7 Å². The Morgan fingerprint density at radius 2 is 1.69 bits per heavy atom. The van der Waals surface area contributed by atoms with E-state index in [0.717, 1.165) is 16.5 Å². The molecule has 178 valence electrons. The SMILES string of the molecule is O=C1[C@@H]2[C@H](Cc3c[nH]c4ccccc34)N[C@]3(C(=O)Nc4ccc(F)cc43)[C@@H]2C(=O)N1c1ccccc1. The molecule has 2 fully saturated rings. The fraction of sp³-hybridized carbons (Fsp3) is 0.179.